The topological polar surface area (TPSA) is 124 Å². The number of benzene rings is 1. The molecule has 1 aromatic heterocycles. The number of ether oxygens (including phenoxy) is 2. The van der Waals surface area contributed by atoms with Crippen LogP contribution in [-0.4, -0.2) is 41.5 Å². The predicted molar refractivity (Wildman–Crippen MR) is 95.0 cm³/mol. The van der Waals surface area contributed by atoms with Gasteiger partial charge < -0.3 is 24.9 Å². The maximum absolute atomic E-state index is 12.5. The maximum Gasteiger partial charge on any atom is 0.366 e. The number of carbonyl (C=O) groups excluding carboxylic acids is 2. The lowest BCUT2D eigenvalue weighted by Crippen LogP contribution is -2.48. The largest absolute Gasteiger partial charge is 0.495 e. The Kier molecular flexibility index (Phi) is 4.88. The summed E-state index contributed by atoms with van der Waals surface area (Å²) in [7, 11) is 1.47. The number of aromatic nitrogens is 1. The van der Waals surface area contributed by atoms with E-state index in [1.54, 1.807) is 24.3 Å². The molecule has 27 heavy (non-hydrogen) atoms. The second kappa shape index (κ2) is 7.28. The molecule has 0 fully saturated rings. The van der Waals surface area contributed by atoms with Crippen molar-refractivity contribution in [2.45, 2.75) is 13.0 Å². The zero-order valence-corrected chi connectivity index (χ0v) is 14.5. The molecule has 10 nitrogen and oxygen atoms in total. The third-order valence-corrected chi connectivity index (χ3v) is 3.87. The highest BCUT2D eigenvalue weighted by molar-refractivity contribution is 6.05. The predicted octanol–water partition coefficient (Wildman–Crippen LogP) is 1.75. The Morgan fingerprint density at radius 3 is 2.81 bits per heavy atom. The number of rotatable bonds is 5. The molecule has 10 heteroatoms. The lowest BCUT2D eigenvalue weighted by Gasteiger charge is -2.28. The minimum absolute atomic E-state index is 0.0672. The Labute approximate surface area is 153 Å². The molecule has 1 aliphatic rings. The van der Waals surface area contributed by atoms with E-state index in [0.717, 1.165) is 4.90 Å². The van der Waals surface area contributed by atoms with Crippen LogP contribution in [0.25, 0.3) is 0 Å². The van der Waals surface area contributed by atoms with Gasteiger partial charge in [-0.05, 0) is 35.0 Å². The Hall–Kier alpha value is -3.69. The Balaban J connectivity index is 1.87. The van der Waals surface area contributed by atoms with Gasteiger partial charge >= 0.3 is 5.82 Å². The summed E-state index contributed by atoms with van der Waals surface area (Å²) in [6, 6.07) is 9.33. The molecule has 3 rings (SSSR count). The number of anilines is 2. The minimum Gasteiger partial charge on any atom is -0.495 e. The van der Waals surface area contributed by atoms with E-state index in [1.165, 1.54) is 26.2 Å². The number of carbonyl (C=O) groups is 2. The smallest absolute Gasteiger partial charge is 0.366 e. The molecule has 2 heterocycles. The van der Waals surface area contributed by atoms with Crippen molar-refractivity contribution in [2.24, 2.45) is 0 Å². The highest BCUT2D eigenvalue weighted by Gasteiger charge is 2.37. The van der Waals surface area contributed by atoms with E-state index in [0.29, 0.717) is 11.4 Å². The molecular formula is C17H16N4O6. The quantitative estimate of drug-likeness (QED) is 0.626. The normalized spacial score (nSPS) is 15.6. The van der Waals surface area contributed by atoms with Gasteiger partial charge in [0.15, 0.2) is 11.9 Å². The molecule has 0 aliphatic carbocycles. The van der Waals surface area contributed by atoms with Crippen LogP contribution < -0.4 is 19.7 Å². The number of nitro groups is 1. The first-order valence-electron chi connectivity index (χ1n) is 7.97. The number of amides is 2. The molecular weight excluding hydrogens is 356 g/mol. The number of fused-ring (bicyclic) bond motifs is 1. The highest BCUT2D eigenvalue weighted by Crippen LogP contribution is 2.34. The van der Waals surface area contributed by atoms with E-state index >= 15 is 0 Å². The van der Waals surface area contributed by atoms with Gasteiger partial charge in [0.1, 0.15) is 12.3 Å². The van der Waals surface area contributed by atoms with E-state index in [4.69, 9.17) is 9.47 Å². The van der Waals surface area contributed by atoms with Crippen molar-refractivity contribution < 1.29 is 24.0 Å². The summed E-state index contributed by atoms with van der Waals surface area (Å²) < 4.78 is 10.6. The number of hydrogen-bond acceptors (Lipinski definition) is 7. The van der Waals surface area contributed by atoms with Gasteiger partial charge in [-0.25, -0.2) is 0 Å². The molecule has 1 atom stereocenters. The van der Waals surface area contributed by atoms with Crippen molar-refractivity contribution in [3.05, 3.63) is 46.5 Å². The molecule has 1 unspecified atom stereocenters. The maximum atomic E-state index is 12.5. The fraction of sp³-hybridized carbons (Fsp3) is 0.235. The van der Waals surface area contributed by atoms with Gasteiger partial charge in [0.25, 0.3) is 11.7 Å². The summed E-state index contributed by atoms with van der Waals surface area (Å²) >= 11 is 0. The number of hydrogen-bond donors (Lipinski definition) is 1. The van der Waals surface area contributed by atoms with E-state index in [9.17, 15) is 19.7 Å². The minimum atomic E-state index is -0.847. The first kappa shape index (κ1) is 18.1. The standard InChI is InChI=1S/C17H16N4O6/c1-10-17(23)20(16-13(27-10)7-8-14(19-16)21(24)25)9-15(22)18-11-5-3-4-6-12(11)26-2/h3-8,10H,9H2,1-2H3,(H,18,22). The molecule has 0 bridgehead atoms. The lowest BCUT2D eigenvalue weighted by atomic mass is 10.2. The molecule has 0 saturated heterocycles. The van der Waals surface area contributed by atoms with Crippen LogP contribution in [-0.2, 0) is 9.59 Å². The fourth-order valence-electron chi connectivity index (χ4n) is 2.61. The van der Waals surface area contributed by atoms with Crippen molar-refractivity contribution >= 4 is 29.1 Å². The van der Waals surface area contributed by atoms with E-state index < -0.39 is 28.7 Å². The van der Waals surface area contributed by atoms with E-state index in [2.05, 4.69) is 10.3 Å². The third-order valence-electron chi connectivity index (χ3n) is 3.87. The molecule has 1 aromatic carbocycles. The van der Waals surface area contributed by atoms with Crippen LogP contribution >= 0.6 is 0 Å². The summed E-state index contributed by atoms with van der Waals surface area (Å²) in [4.78, 5) is 40.1. The van der Waals surface area contributed by atoms with Gasteiger partial charge in [-0.3, -0.25) is 14.5 Å². The zero-order chi connectivity index (χ0) is 19.6. The molecule has 140 valence electrons. The third kappa shape index (κ3) is 3.64. The SMILES string of the molecule is COc1ccccc1NC(=O)CN1C(=O)C(C)Oc2ccc([N+](=O)[O-])nc21. The van der Waals surface area contributed by atoms with Crippen LogP contribution in [0.15, 0.2) is 36.4 Å². The summed E-state index contributed by atoms with van der Waals surface area (Å²) in [5.74, 6) is -0.899. The highest BCUT2D eigenvalue weighted by atomic mass is 16.6. The van der Waals surface area contributed by atoms with Crippen molar-refractivity contribution in [3.63, 3.8) is 0 Å². The molecule has 2 amide bonds. The van der Waals surface area contributed by atoms with Crippen molar-refractivity contribution in [1.29, 1.82) is 0 Å². The monoisotopic (exact) mass is 372 g/mol. The van der Waals surface area contributed by atoms with Crippen molar-refractivity contribution in [3.8, 4) is 11.5 Å². The second-order valence-electron chi connectivity index (χ2n) is 5.68. The van der Waals surface area contributed by atoms with Gasteiger partial charge in [-0.15, -0.1) is 0 Å². The summed E-state index contributed by atoms with van der Waals surface area (Å²) in [5, 5.41) is 13.6. The van der Waals surface area contributed by atoms with Crippen molar-refractivity contribution in [1.82, 2.24) is 4.98 Å². The van der Waals surface area contributed by atoms with Crippen LogP contribution in [0, 0.1) is 10.1 Å². The Morgan fingerprint density at radius 1 is 1.37 bits per heavy atom. The Bertz CT molecular complexity index is 916. The molecule has 1 aliphatic heterocycles. The number of para-hydroxylation sites is 2. The molecule has 0 saturated carbocycles. The van der Waals surface area contributed by atoms with Gasteiger partial charge in [-0.2, -0.15) is 0 Å². The fourth-order valence-corrected chi connectivity index (χ4v) is 2.61. The summed E-state index contributed by atoms with van der Waals surface area (Å²) in [5.41, 5.74) is 0.436. The van der Waals surface area contributed by atoms with Gasteiger partial charge in [0, 0.05) is 6.07 Å². The van der Waals surface area contributed by atoms with Gasteiger partial charge in [0.2, 0.25) is 5.91 Å². The molecule has 0 radical (unpaired) electrons. The average Bonchev–Trinajstić information content (AvgIpc) is 2.65. The van der Waals surface area contributed by atoms with Crippen LogP contribution in [0.2, 0.25) is 0 Å². The van der Waals surface area contributed by atoms with Crippen LogP contribution in [0.3, 0.4) is 0 Å². The Morgan fingerprint density at radius 2 is 2.11 bits per heavy atom. The van der Waals surface area contributed by atoms with Crippen LogP contribution in [0.5, 0.6) is 11.5 Å². The molecule has 1 N–H and O–H groups in total. The molecule has 2 aromatic rings. The number of nitrogens with zero attached hydrogens (tertiary/aromatic N) is 3. The zero-order valence-electron chi connectivity index (χ0n) is 14.5. The lowest BCUT2D eigenvalue weighted by molar-refractivity contribution is -0.389. The average molecular weight is 372 g/mol. The number of methoxy groups -OCH3 is 1. The van der Waals surface area contributed by atoms with E-state index in [1.807, 2.05) is 0 Å². The van der Waals surface area contributed by atoms with Crippen molar-refractivity contribution in [2.75, 3.05) is 23.9 Å². The first-order valence-corrected chi connectivity index (χ1v) is 7.97. The van der Waals surface area contributed by atoms with Gasteiger partial charge in [-0.1, -0.05) is 12.1 Å². The second-order valence-corrected chi connectivity index (χ2v) is 5.68. The number of pyridine rings is 1. The van der Waals surface area contributed by atoms with Crippen LogP contribution in [0.1, 0.15) is 6.92 Å². The summed E-state index contributed by atoms with van der Waals surface area (Å²) in [6.45, 7) is 1.14. The number of nitrogens with one attached hydrogen (secondary N) is 1. The van der Waals surface area contributed by atoms with Crippen LogP contribution in [0.4, 0.5) is 17.3 Å². The molecule has 0 spiro atoms. The van der Waals surface area contributed by atoms with E-state index in [-0.39, 0.29) is 18.1 Å². The first-order chi connectivity index (χ1) is 12.9. The van der Waals surface area contributed by atoms with Gasteiger partial charge in [0.05, 0.1) is 12.8 Å². The summed E-state index contributed by atoms with van der Waals surface area (Å²) in [6.07, 6.45) is -0.847.